The molecule has 5 heteroatoms. The van der Waals surface area contributed by atoms with Crippen molar-refractivity contribution >= 4 is 54.8 Å². The van der Waals surface area contributed by atoms with E-state index < -0.39 is 0 Å². The molecule has 0 saturated heterocycles. The molecule has 0 aliphatic carbocycles. The van der Waals surface area contributed by atoms with Crippen molar-refractivity contribution in [3.05, 3.63) is 49.6 Å². The smallest absolute Gasteiger partial charge is 0.224 e. The zero-order valence-electron chi connectivity index (χ0n) is 10.9. The Bertz CT molecular complexity index is 661. The lowest BCUT2D eigenvalue weighted by molar-refractivity contribution is -0.116. The van der Waals surface area contributed by atoms with E-state index in [1.165, 1.54) is 25.4 Å². The van der Waals surface area contributed by atoms with Gasteiger partial charge in [0.25, 0.3) is 0 Å². The highest BCUT2D eigenvalue weighted by atomic mass is 79.9. The molecule has 1 aromatic carbocycles. The Labute approximate surface area is 138 Å². The molecule has 0 spiro atoms. The van der Waals surface area contributed by atoms with E-state index in [0.717, 1.165) is 12.1 Å². The largest absolute Gasteiger partial charge is 0.326 e. The fourth-order valence-corrected chi connectivity index (χ4v) is 4.61. The van der Waals surface area contributed by atoms with Crippen LogP contribution in [0.5, 0.6) is 0 Å². The van der Waals surface area contributed by atoms with Gasteiger partial charge in [0.05, 0.1) is 8.61 Å². The highest BCUT2D eigenvalue weighted by Gasteiger charge is 2.19. The number of amides is 1. The second-order valence-electron chi connectivity index (χ2n) is 4.93. The maximum atomic E-state index is 11.4. The molecular formula is C15H13Br2NOS. The van der Waals surface area contributed by atoms with Gasteiger partial charge in [-0.15, -0.1) is 11.3 Å². The van der Waals surface area contributed by atoms with E-state index in [0.29, 0.717) is 6.42 Å². The van der Waals surface area contributed by atoms with Gasteiger partial charge < -0.3 is 5.32 Å². The SMILES string of the molecule is Cc1cc(C(Br)c2ccc3c(c2)CCC(=O)N3)sc1Br. The molecule has 1 aromatic heterocycles. The maximum absolute atomic E-state index is 11.4. The van der Waals surface area contributed by atoms with E-state index in [-0.39, 0.29) is 10.7 Å². The summed E-state index contributed by atoms with van der Waals surface area (Å²) in [5.41, 5.74) is 4.67. The number of thiophene rings is 1. The minimum absolute atomic E-state index is 0.110. The zero-order chi connectivity index (χ0) is 14.3. The Morgan fingerprint density at radius 3 is 2.80 bits per heavy atom. The molecule has 1 unspecified atom stereocenters. The molecule has 2 nitrogen and oxygen atoms in total. The summed E-state index contributed by atoms with van der Waals surface area (Å²) in [5, 5.41) is 2.92. The first-order valence-electron chi connectivity index (χ1n) is 6.37. The van der Waals surface area contributed by atoms with Gasteiger partial charge in [-0.1, -0.05) is 28.1 Å². The molecule has 1 aliphatic heterocycles. The molecule has 0 radical (unpaired) electrons. The van der Waals surface area contributed by atoms with Gasteiger partial charge in [-0.2, -0.15) is 0 Å². The summed E-state index contributed by atoms with van der Waals surface area (Å²) >= 11 is 9.11. The van der Waals surface area contributed by atoms with Crippen molar-refractivity contribution in [3.63, 3.8) is 0 Å². The molecular weight excluding hydrogens is 402 g/mol. The number of halogens is 2. The Kier molecular flexibility index (Phi) is 4.02. The Morgan fingerprint density at radius 2 is 2.10 bits per heavy atom. The Balaban J connectivity index is 1.92. The van der Waals surface area contributed by atoms with Crippen LogP contribution in [0.15, 0.2) is 28.1 Å². The first kappa shape index (κ1) is 14.3. The summed E-state index contributed by atoms with van der Waals surface area (Å²) in [6, 6.07) is 8.48. The first-order valence-corrected chi connectivity index (χ1v) is 8.89. The van der Waals surface area contributed by atoms with Gasteiger partial charge in [0.1, 0.15) is 0 Å². The summed E-state index contributed by atoms with van der Waals surface area (Å²) < 4.78 is 1.18. The van der Waals surface area contributed by atoms with Crippen LogP contribution in [-0.2, 0) is 11.2 Å². The van der Waals surface area contributed by atoms with Gasteiger partial charge >= 0.3 is 0 Å². The van der Waals surface area contributed by atoms with E-state index in [2.05, 4.69) is 62.3 Å². The molecule has 20 heavy (non-hydrogen) atoms. The predicted octanol–water partition coefficient (Wildman–Crippen LogP) is 5.19. The van der Waals surface area contributed by atoms with Crippen molar-refractivity contribution in [2.75, 3.05) is 5.32 Å². The standard InChI is InChI=1S/C15H13Br2NOS/c1-8-6-12(20-15(8)17)14(16)10-2-4-11-9(7-10)3-5-13(19)18-11/h2,4,6-7,14H,3,5H2,1H3,(H,18,19). The molecule has 104 valence electrons. The third kappa shape index (κ3) is 2.71. The average molecular weight is 415 g/mol. The van der Waals surface area contributed by atoms with Gasteiger partial charge in [0.15, 0.2) is 0 Å². The van der Waals surface area contributed by atoms with Crippen molar-refractivity contribution < 1.29 is 4.79 Å². The topological polar surface area (TPSA) is 29.1 Å². The summed E-state index contributed by atoms with van der Waals surface area (Å²) in [7, 11) is 0. The molecule has 0 saturated carbocycles. The Hall–Kier alpha value is -0.650. The molecule has 0 bridgehead atoms. The summed E-state index contributed by atoms with van der Waals surface area (Å²) in [6.07, 6.45) is 1.40. The lowest BCUT2D eigenvalue weighted by Crippen LogP contribution is -2.19. The van der Waals surface area contributed by atoms with Crippen molar-refractivity contribution in [3.8, 4) is 0 Å². The van der Waals surface area contributed by atoms with Crippen LogP contribution in [0.2, 0.25) is 0 Å². The fraction of sp³-hybridized carbons (Fsp3) is 0.267. The van der Waals surface area contributed by atoms with E-state index in [9.17, 15) is 4.79 Å². The van der Waals surface area contributed by atoms with Crippen LogP contribution in [-0.4, -0.2) is 5.91 Å². The van der Waals surface area contributed by atoms with Gasteiger partial charge in [0.2, 0.25) is 5.91 Å². The van der Waals surface area contributed by atoms with Crippen molar-refractivity contribution in [2.24, 2.45) is 0 Å². The molecule has 1 aliphatic rings. The highest BCUT2D eigenvalue weighted by molar-refractivity contribution is 9.11. The number of anilines is 1. The third-order valence-electron chi connectivity index (χ3n) is 3.44. The maximum Gasteiger partial charge on any atom is 0.224 e. The number of benzene rings is 1. The van der Waals surface area contributed by atoms with Crippen LogP contribution in [0.25, 0.3) is 0 Å². The molecule has 3 rings (SSSR count). The number of nitrogens with one attached hydrogen (secondary N) is 1. The summed E-state index contributed by atoms with van der Waals surface area (Å²) in [5.74, 6) is 0.110. The van der Waals surface area contributed by atoms with Crippen LogP contribution in [0.3, 0.4) is 0 Å². The van der Waals surface area contributed by atoms with Crippen LogP contribution < -0.4 is 5.32 Å². The second-order valence-corrected chi connectivity index (χ2v) is 8.25. The molecule has 1 amide bonds. The number of carbonyl (C=O) groups is 1. The van der Waals surface area contributed by atoms with Gasteiger partial charge in [-0.05, 0) is 58.1 Å². The van der Waals surface area contributed by atoms with Crippen LogP contribution in [0.1, 0.15) is 32.8 Å². The van der Waals surface area contributed by atoms with E-state index >= 15 is 0 Å². The number of carbonyl (C=O) groups excluding carboxylic acids is 1. The second kappa shape index (κ2) is 5.62. The Morgan fingerprint density at radius 1 is 1.30 bits per heavy atom. The van der Waals surface area contributed by atoms with E-state index in [4.69, 9.17) is 0 Å². The van der Waals surface area contributed by atoms with Gasteiger partial charge in [-0.25, -0.2) is 0 Å². The number of fused-ring (bicyclic) bond motifs is 1. The zero-order valence-corrected chi connectivity index (χ0v) is 14.9. The molecule has 2 heterocycles. The minimum atomic E-state index is 0.110. The van der Waals surface area contributed by atoms with Crippen molar-refractivity contribution in [2.45, 2.75) is 24.6 Å². The molecule has 1 N–H and O–H groups in total. The van der Waals surface area contributed by atoms with Crippen LogP contribution in [0, 0.1) is 6.92 Å². The van der Waals surface area contributed by atoms with Crippen molar-refractivity contribution in [1.82, 2.24) is 0 Å². The van der Waals surface area contributed by atoms with Gasteiger partial charge in [0, 0.05) is 17.0 Å². The highest BCUT2D eigenvalue weighted by Crippen LogP contribution is 2.40. The van der Waals surface area contributed by atoms with E-state index in [1.54, 1.807) is 11.3 Å². The quantitative estimate of drug-likeness (QED) is 0.673. The van der Waals surface area contributed by atoms with E-state index in [1.807, 2.05) is 6.07 Å². The predicted molar refractivity (Wildman–Crippen MR) is 90.9 cm³/mol. The third-order valence-corrected chi connectivity index (χ3v) is 6.97. The molecule has 0 fully saturated rings. The van der Waals surface area contributed by atoms with Gasteiger partial charge in [-0.3, -0.25) is 4.79 Å². The van der Waals surface area contributed by atoms with Crippen LogP contribution >= 0.6 is 43.2 Å². The monoisotopic (exact) mass is 413 g/mol. The fourth-order valence-electron chi connectivity index (χ4n) is 2.33. The first-order chi connectivity index (χ1) is 9.54. The summed E-state index contributed by atoms with van der Waals surface area (Å²) in [6.45, 7) is 2.10. The number of hydrogen-bond acceptors (Lipinski definition) is 2. The minimum Gasteiger partial charge on any atom is -0.326 e. The number of hydrogen-bond donors (Lipinski definition) is 1. The lowest BCUT2D eigenvalue weighted by atomic mass is 9.99. The van der Waals surface area contributed by atoms with Crippen LogP contribution in [0.4, 0.5) is 5.69 Å². The van der Waals surface area contributed by atoms with Crippen molar-refractivity contribution in [1.29, 1.82) is 0 Å². The average Bonchev–Trinajstić information content (AvgIpc) is 2.77. The number of alkyl halides is 1. The number of aryl methyl sites for hydroxylation is 2. The normalized spacial score (nSPS) is 15.7. The summed E-state index contributed by atoms with van der Waals surface area (Å²) in [4.78, 5) is 12.9. The molecule has 1 atom stereocenters. The molecule has 2 aromatic rings. The number of rotatable bonds is 2. The lowest BCUT2D eigenvalue weighted by Gasteiger charge is -2.19.